The standard InChI is InChI=1S/C14H16N6S2/c1-10-3-4-12(7-11(10)2)17-13-18-19-14(22-13)21-6-5-20-9-15-8-16-20/h3-4,7-9H,5-6H2,1-2H3,(H,17,18). The molecule has 0 saturated heterocycles. The molecule has 0 aliphatic heterocycles. The molecule has 1 N–H and O–H groups in total. The van der Waals surface area contributed by atoms with Crippen molar-refractivity contribution >= 4 is 33.9 Å². The summed E-state index contributed by atoms with van der Waals surface area (Å²) in [5.74, 6) is 0.891. The van der Waals surface area contributed by atoms with E-state index in [1.807, 2.05) is 4.68 Å². The number of nitrogens with one attached hydrogen (secondary N) is 1. The highest BCUT2D eigenvalue weighted by atomic mass is 32.2. The lowest BCUT2D eigenvalue weighted by molar-refractivity contribution is 0.664. The van der Waals surface area contributed by atoms with Gasteiger partial charge in [0.2, 0.25) is 5.13 Å². The molecule has 3 rings (SSSR count). The van der Waals surface area contributed by atoms with Crippen molar-refractivity contribution in [1.29, 1.82) is 0 Å². The molecule has 0 atom stereocenters. The summed E-state index contributed by atoms with van der Waals surface area (Å²) in [6, 6.07) is 6.28. The normalized spacial score (nSPS) is 10.8. The van der Waals surface area contributed by atoms with Crippen molar-refractivity contribution < 1.29 is 0 Å². The number of anilines is 2. The molecule has 0 radical (unpaired) electrons. The molecule has 114 valence electrons. The van der Waals surface area contributed by atoms with Gasteiger partial charge < -0.3 is 5.32 Å². The molecular weight excluding hydrogens is 316 g/mol. The first kappa shape index (κ1) is 15.0. The summed E-state index contributed by atoms with van der Waals surface area (Å²) in [4.78, 5) is 3.92. The van der Waals surface area contributed by atoms with Crippen LogP contribution in [0.3, 0.4) is 0 Å². The maximum atomic E-state index is 4.19. The van der Waals surface area contributed by atoms with Gasteiger partial charge in [-0.3, -0.25) is 4.68 Å². The van der Waals surface area contributed by atoms with E-state index >= 15 is 0 Å². The molecule has 0 unspecified atom stereocenters. The zero-order valence-corrected chi connectivity index (χ0v) is 14.0. The summed E-state index contributed by atoms with van der Waals surface area (Å²) in [5.41, 5.74) is 3.59. The van der Waals surface area contributed by atoms with Gasteiger partial charge in [0.1, 0.15) is 12.7 Å². The Labute approximate surface area is 137 Å². The second kappa shape index (κ2) is 6.89. The van der Waals surface area contributed by atoms with Crippen LogP contribution >= 0.6 is 23.1 Å². The lowest BCUT2D eigenvalue weighted by Gasteiger charge is -2.05. The number of aromatic nitrogens is 5. The van der Waals surface area contributed by atoms with Gasteiger partial charge in [0.25, 0.3) is 0 Å². The lowest BCUT2D eigenvalue weighted by Crippen LogP contribution is -2.00. The van der Waals surface area contributed by atoms with E-state index in [1.54, 1.807) is 35.8 Å². The lowest BCUT2D eigenvalue weighted by atomic mass is 10.1. The van der Waals surface area contributed by atoms with Crippen molar-refractivity contribution in [2.75, 3.05) is 11.1 Å². The third-order valence-electron chi connectivity index (χ3n) is 3.18. The molecule has 0 aliphatic carbocycles. The van der Waals surface area contributed by atoms with E-state index in [0.29, 0.717) is 0 Å². The fourth-order valence-corrected chi connectivity index (χ4v) is 3.61. The highest BCUT2D eigenvalue weighted by Crippen LogP contribution is 2.28. The van der Waals surface area contributed by atoms with Crippen LogP contribution < -0.4 is 5.32 Å². The molecule has 3 aromatic rings. The first-order chi connectivity index (χ1) is 10.7. The minimum atomic E-state index is 0.810. The first-order valence-electron chi connectivity index (χ1n) is 6.84. The molecule has 1 aromatic carbocycles. The third-order valence-corrected chi connectivity index (χ3v) is 5.13. The van der Waals surface area contributed by atoms with Crippen molar-refractivity contribution in [3.8, 4) is 0 Å². The molecule has 0 spiro atoms. The molecule has 8 heteroatoms. The van der Waals surface area contributed by atoms with Crippen LogP contribution in [0.15, 0.2) is 35.2 Å². The summed E-state index contributed by atoms with van der Waals surface area (Å²) in [6.07, 6.45) is 3.26. The van der Waals surface area contributed by atoms with Crippen molar-refractivity contribution in [1.82, 2.24) is 25.0 Å². The molecule has 0 bridgehead atoms. The van der Waals surface area contributed by atoms with Crippen LogP contribution in [-0.2, 0) is 6.54 Å². The third kappa shape index (κ3) is 3.83. The molecule has 0 aliphatic rings. The minimum absolute atomic E-state index is 0.810. The van der Waals surface area contributed by atoms with Crippen LogP contribution in [0.1, 0.15) is 11.1 Å². The molecular formula is C14H16N6S2. The summed E-state index contributed by atoms with van der Waals surface area (Å²) in [5, 5.41) is 16.6. The molecule has 2 heterocycles. The van der Waals surface area contributed by atoms with E-state index in [0.717, 1.165) is 27.5 Å². The Morgan fingerprint density at radius 2 is 2.14 bits per heavy atom. The number of hydrogen-bond acceptors (Lipinski definition) is 7. The van der Waals surface area contributed by atoms with E-state index in [1.165, 1.54) is 11.1 Å². The van der Waals surface area contributed by atoms with Crippen LogP contribution in [0.2, 0.25) is 0 Å². The summed E-state index contributed by atoms with van der Waals surface area (Å²) < 4.78 is 2.76. The highest BCUT2D eigenvalue weighted by molar-refractivity contribution is 8.01. The second-order valence-electron chi connectivity index (χ2n) is 4.80. The Morgan fingerprint density at radius 3 is 2.91 bits per heavy atom. The average Bonchev–Trinajstić information content (AvgIpc) is 3.15. The van der Waals surface area contributed by atoms with E-state index in [2.05, 4.69) is 57.6 Å². The number of thioether (sulfide) groups is 1. The van der Waals surface area contributed by atoms with Crippen LogP contribution in [0, 0.1) is 13.8 Å². The number of aryl methyl sites for hydroxylation is 3. The Kier molecular flexibility index (Phi) is 4.69. The van der Waals surface area contributed by atoms with Gasteiger partial charge in [-0.25, -0.2) is 4.98 Å². The molecule has 22 heavy (non-hydrogen) atoms. The van der Waals surface area contributed by atoms with Crippen molar-refractivity contribution in [3.63, 3.8) is 0 Å². The van der Waals surface area contributed by atoms with E-state index in [4.69, 9.17) is 0 Å². The van der Waals surface area contributed by atoms with Crippen LogP contribution in [0.25, 0.3) is 0 Å². The van der Waals surface area contributed by atoms with Crippen LogP contribution in [0.5, 0.6) is 0 Å². The summed E-state index contributed by atoms with van der Waals surface area (Å²) >= 11 is 3.23. The number of benzene rings is 1. The van der Waals surface area contributed by atoms with Crippen molar-refractivity contribution in [2.24, 2.45) is 0 Å². The Hall–Kier alpha value is -1.93. The average molecular weight is 332 g/mol. The van der Waals surface area contributed by atoms with E-state index in [-0.39, 0.29) is 0 Å². The molecule has 0 amide bonds. The summed E-state index contributed by atoms with van der Waals surface area (Å²) in [6.45, 7) is 5.02. The van der Waals surface area contributed by atoms with E-state index < -0.39 is 0 Å². The van der Waals surface area contributed by atoms with Crippen molar-refractivity contribution in [3.05, 3.63) is 42.0 Å². The van der Waals surface area contributed by atoms with Gasteiger partial charge in [-0.2, -0.15) is 5.10 Å². The first-order valence-corrected chi connectivity index (χ1v) is 8.64. The predicted octanol–water partition coefficient (Wildman–Crippen LogP) is 3.28. The topological polar surface area (TPSA) is 68.5 Å². The SMILES string of the molecule is Cc1ccc(Nc2nnc(SCCn3cncn3)s2)cc1C. The van der Waals surface area contributed by atoms with Gasteiger partial charge in [-0.1, -0.05) is 29.2 Å². The van der Waals surface area contributed by atoms with Gasteiger partial charge >= 0.3 is 0 Å². The van der Waals surface area contributed by atoms with Crippen LogP contribution in [-0.4, -0.2) is 30.7 Å². The maximum Gasteiger partial charge on any atom is 0.210 e. The minimum Gasteiger partial charge on any atom is -0.330 e. The predicted molar refractivity (Wildman–Crippen MR) is 89.9 cm³/mol. The van der Waals surface area contributed by atoms with Crippen LogP contribution in [0.4, 0.5) is 10.8 Å². The fourth-order valence-electron chi connectivity index (χ4n) is 1.84. The molecule has 0 fully saturated rings. The van der Waals surface area contributed by atoms with Gasteiger partial charge in [-0.05, 0) is 37.1 Å². The molecule has 0 saturated carbocycles. The zero-order valence-electron chi connectivity index (χ0n) is 12.4. The highest BCUT2D eigenvalue weighted by Gasteiger charge is 2.06. The monoisotopic (exact) mass is 332 g/mol. The Bertz CT molecular complexity index is 738. The van der Waals surface area contributed by atoms with Gasteiger partial charge in [-0.15, -0.1) is 10.2 Å². The second-order valence-corrected chi connectivity index (χ2v) is 7.12. The van der Waals surface area contributed by atoms with Gasteiger partial charge in [0.15, 0.2) is 4.34 Å². The Balaban J connectivity index is 1.55. The smallest absolute Gasteiger partial charge is 0.210 e. The number of rotatable bonds is 6. The fraction of sp³-hybridized carbons (Fsp3) is 0.286. The van der Waals surface area contributed by atoms with Gasteiger partial charge in [0, 0.05) is 11.4 Å². The maximum absolute atomic E-state index is 4.19. The zero-order chi connectivity index (χ0) is 15.4. The van der Waals surface area contributed by atoms with E-state index in [9.17, 15) is 0 Å². The van der Waals surface area contributed by atoms with Gasteiger partial charge in [0.05, 0.1) is 6.54 Å². The molecule has 2 aromatic heterocycles. The Morgan fingerprint density at radius 1 is 1.23 bits per heavy atom. The number of hydrogen-bond donors (Lipinski definition) is 1. The number of nitrogens with zero attached hydrogens (tertiary/aromatic N) is 5. The molecule has 6 nitrogen and oxygen atoms in total. The quantitative estimate of drug-likeness (QED) is 0.699. The summed E-state index contributed by atoms with van der Waals surface area (Å²) in [7, 11) is 0. The van der Waals surface area contributed by atoms with Crippen molar-refractivity contribution in [2.45, 2.75) is 24.7 Å². The largest absolute Gasteiger partial charge is 0.330 e.